The van der Waals surface area contributed by atoms with Crippen LogP contribution in [-0.4, -0.2) is 29.1 Å². The number of hydrogen-bond donors (Lipinski definition) is 2. The number of rotatable bonds is 2. The predicted octanol–water partition coefficient (Wildman–Crippen LogP) is 1.62. The molecule has 1 aliphatic heterocycles. The van der Waals surface area contributed by atoms with Gasteiger partial charge in [-0.15, -0.1) is 0 Å². The molecule has 0 saturated carbocycles. The van der Waals surface area contributed by atoms with E-state index in [0.29, 0.717) is 13.1 Å². The fourth-order valence-corrected chi connectivity index (χ4v) is 2.73. The third kappa shape index (κ3) is 1.75. The van der Waals surface area contributed by atoms with Gasteiger partial charge in [-0.2, -0.15) is 0 Å². The van der Waals surface area contributed by atoms with Gasteiger partial charge < -0.3 is 10.4 Å². The Balaban J connectivity index is 2.11. The summed E-state index contributed by atoms with van der Waals surface area (Å²) in [6, 6.07) is 7.97. The molecule has 0 spiro atoms. The fraction of sp³-hybridized carbons (Fsp3) is 0.286. The van der Waals surface area contributed by atoms with Gasteiger partial charge in [0.25, 0.3) is 0 Å². The zero-order chi connectivity index (χ0) is 12.5. The Labute approximate surface area is 105 Å². The van der Waals surface area contributed by atoms with Gasteiger partial charge in [0.1, 0.15) is 0 Å². The number of fused-ring (bicyclic) bond motifs is 1. The molecule has 2 atom stereocenters. The molecule has 2 aromatic rings. The zero-order valence-electron chi connectivity index (χ0n) is 9.84. The lowest BCUT2D eigenvalue weighted by Crippen LogP contribution is -2.21. The Morgan fingerprint density at radius 3 is 3.06 bits per heavy atom. The van der Waals surface area contributed by atoms with Crippen LogP contribution < -0.4 is 5.32 Å². The second kappa shape index (κ2) is 4.38. The molecule has 2 heterocycles. The van der Waals surface area contributed by atoms with Crippen LogP contribution in [0.3, 0.4) is 0 Å². The summed E-state index contributed by atoms with van der Waals surface area (Å²) in [5.41, 5.74) is 1.08. The number of pyridine rings is 1. The van der Waals surface area contributed by atoms with Crippen molar-refractivity contribution in [1.82, 2.24) is 10.3 Å². The van der Waals surface area contributed by atoms with Crippen molar-refractivity contribution in [3.63, 3.8) is 0 Å². The highest BCUT2D eigenvalue weighted by Crippen LogP contribution is 2.32. The van der Waals surface area contributed by atoms with E-state index in [1.54, 1.807) is 6.20 Å². The molecule has 4 heteroatoms. The summed E-state index contributed by atoms with van der Waals surface area (Å²) >= 11 is 0. The topological polar surface area (TPSA) is 62.2 Å². The summed E-state index contributed by atoms with van der Waals surface area (Å²) < 4.78 is 0. The number of carboxylic acids is 1. The Morgan fingerprint density at radius 2 is 2.22 bits per heavy atom. The molecule has 2 unspecified atom stereocenters. The standard InChI is InChI=1S/C14H14N2O2/c17-14(18)13-8-16-7-12(13)10-3-1-2-9-4-5-15-6-11(9)10/h1-6,12-13,16H,7-8H2,(H,17,18). The smallest absolute Gasteiger partial charge is 0.308 e. The van der Waals surface area contributed by atoms with Crippen LogP contribution in [0.25, 0.3) is 10.8 Å². The Kier molecular flexibility index (Phi) is 2.72. The molecule has 0 aliphatic carbocycles. The summed E-state index contributed by atoms with van der Waals surface area (Å²) in [5, 5.41) is 14.6. The lowest BCUT2D eigenvalue weighted by molar-refractivity contribution is -0.141. The molecular formula is C14H14N2O2. The van der Waals surface area contributed by atoms with Gasteiger partial charge in [-0.1, -0.05) is 18.2 Å². The number of carboxylic acid groups (broad SMARTS) is 1. The van der Waals surface area contributed by atoms with Crippen molar-refractivity contribution in [3.8, 4) is 0 Å². The van der Waals surface area contributed by atoms with E-state index in [2.05, 4.69) is 10.3 Å². The molecule has 1 aliphatic rings. The Hall–Kier alpha value is -1.94. The van der Waals surface area contributed by atoms with Gasteiger partial charge in [0, 0.05) is 36.8 Å². The van der Waals surface area contributed by atoms with E-state index in [9.17, 15) is 9.90 Å². The van der Waals surface area contributed by atoms with Gasteiger partial charge in [-0.25, -0.2) is 0 Å². The van der Waals surface area contributed by atoms with Gasteiger partial charge >= 0.3 is 5.97 Å². The van der Waals surface area contributed by atoms with E-state index in [0.717, 1.165) is 16.3 Å². The monoisotopic (exact) mass is 242 g/mol. The van der Waals surface area contributed by atoms with Crippen LogP contribution in [0.15, 0.2) is 36.7 Å². The highest BCUT2D eigenvalue weighted by Gasteiger charge is 2.34. The van der Waals surface area contributed by atoms with Crippen LogP contribution in [0.4, 0.5) is 0 Å². The summed E-state index contributed by atoms with van der Waals surface area (Å²) in [7, 11) is 0. The number of nitrogens with one attached hydrogen (secondary N) is 1. The molecule has 1 aromatic heterocycles. The molecule has 0 radical (unpaired) electrons. The lowest BCUT2D eigenvalue weighted by Gasteiger charge is -2.17. The third-order valence-electron chi connectivity index (χ3n) is 3.65. The van der Waals surface area contributed by atoms with Crippen LogP contribution in [0, 0.1) is 5.92 Å². The van der Waals surface area contributed by atoms with E-state index >= 15 is 0 Å². The van der Waals surface area contributed by atoms with Crippen molar-refractivity contribution < 1.29 is 9.90 Å². The van der Waals surface area contributed by atoms with Crippen LogP contribution >= 0.6 is 0 Å². The number of aliphatic carboxylic acids is 1. The van der Waals surface area contributed by atoms with Gasteiger partial charge in [-0.05, 0) is 17.0 Å². The molecule has 1 aromatic carbocycles. The molecule has 92 valence electrons. The number of hydrogen-bond acceptors (Lipinski definition) is 3. The Morgan fingerprint density at radius 1 is 1.33 bits per heavy atom. The summed E-state index contributed by atoms with van der Waals surface area (Å²) in [4.78, 5) is 15.4. The third-order valence-corrected chi connectivity index (χ3v) is 3.65. The highest BCUT2D eigenvalue weighted by molar-refractivity contribution is 5.86. The first kappa shape index (κ1) is 11.2. The highest BCUT2D eigenvalue weighted by atomic mass is 16.4. The Bertz CT molecular complexity index is 592. The number of carbonyl (C=O) groups is 1. The maximum Gasteiger partial charge on any atom is 0.308 e. The van der Waals surface area contributed by atoms with Crippen molar-refractivity contribution in [2.75, 3.05) is 13.1 Å². The SMILES string of the molecule is O=C(O)C1CNCC1c1cccc2ccncc12. The van der Waals surface area contributed by atoms with Gasteiger partial charge in [-0.3, -0.25) is 9.78 Å². The van der Waals surface area contributed by atoms with Crippen molar-refractivity contribution in [2.24, 2.45) is 5.92 Å². The molecule has 1 saturated heterocycles. The first-order valence-corrected chi connectivity index (χ1v) is 6.03. The van der Waals surface area contributed by atoms with E-state index in [4.69, 9.17) is 0 Å². The largest absolute Gasteiger partial charge is 0.481 e. The van der Waals surface area contributed by atoms with Crippen molar-refractivity contribution in [1.29, 1.82) is 0 Å². The van der Waals surface area contributed by atoms with Crippen LogP contribution in [-0.2, 0) is 4.79 Å². The van der Waals surface area contributed by atoms with Crippen molar-refractivity contribution >= 4 is 16.7 Å². The van der Waals surface area contributed by atoms with E-state index < -0.39 is 5.97 Å². The maximum atomic E-state index is 11.3. The molecule has 3 rings (SSSR count). The summed E-state index contributed by atoms with van der Waals surface area (Å²) in [6.07, 6.45) is 3.58. The van der Waals surface area contributed by atoms with Crippen LogP contribution in [0.1, 0.15) is 11.5 Å². The predicted molar refractivity (Wildman–Crippen MR) is 68.5 cm³/mol. The first-order chi connectivity index (χ1) is 8.77. The molecule has 18 heavy (non-hydrogen) atoms. The minimum Gasteiger partial charge on any atom is -0.481 e. The maximum absolute atomic E-state index is 11.3. The van der Waals surface area contributed by atoms with Crippen molar-refractivity contribution in [2.45, 2.75) is 5.92 Å². The molecule has 0 amide bonds. The number of benzene rings is 1. The lowest BCUT2D eigenvalue weighted by atomic mass is 9.86. The average molecular weight is 242 g/mol. The molecule has 1 fully saturated rings. The normalized spacial score (nSPS) is 23.3. The van der Waals surface area contributed by atoms with E-state index in [1.165, 1.54) is 0 Å². The minimum absolute atomic E-state index is 0.0235. The minimum atomic E-state index is -0.731. The van der Waals surface area contributed by atoms with Gasteiger partial charge in [0.05, 0.1) is 5.92 Å². The van der Waals surface area contributed by atoms with Crippen LogP contribution in [0.2, 0.25) is 0 Å². The second-order valence-corrected chi connectivity index (χ2v) is 4.65. The number of aromatic nitrogens is 1. The van der Waals surface area contributed by atoms with Crippen molar-refractivity contribution in [3.05, 3.63) is 42.2 Å². The van der Waals surface area contributed by atoms with E-state index in [-0.39, 0.29) is 11.8 Å². The quantitative estimate of drug-likeness (QED) is 0.840. The number of nitrogens with zero attached hydrogens (tertiary/aromatic N) is 1. The first-order valence-electron chi connectivity index (χ1n) is 6.03. The molecule has 2 N–H and O–H groups in total. The fourth-order valence-electron chi connectivity index (χ4n) is 2.73. The summed E-state index contributed by atoms with van der Waals surface area (Å²) in [5.74, 6) is -1.06. The molecular weight excluding hydrogens is 228 g/mol. The molecule has 0 bridgehead atoms. The zero-order valence-corrected chi connectivity index (χ0v) is 9.84. The summed E-state index contributed by atoms with van der Waals surface area (Å²) in [6.45, 7) is 1.25. The van der Waals surface area contributed by atoms with Gasteiger partial charge in [0.15, 0.2) is 0 Å². The van der Waals surface area contributed by atoms with E-state index in [1.807, 2.05) is 30.5 Å². The molecule has 4 nitrogen and oxygen atoms in total. The second-order valence-electron chi connectivity index (χ2n) is 4.65. The van der Waals surface area contributed by atoms with Crippen LogP contribution in [0.5, 0.6) is 0 Å². The van der Waals surface area contributed by atoms with Gasteiger partial charge in [0.2, 0.25) is 0 Å². The average Bonchev–Trinajstić information content (AvgIpc) is 2.87.